The fourth-order valence-electron chi connectivity index (χ4n) is 2.60. The highest BCUT2D eigenvalue weighted by atomic mass is 32.2. The second kappa shape index (κ2) is 11.0. The largest absolute Gasteiger partial charge is 0.422 e. The van der Waals surface area contributed by atoms with Crippen molar-refractivity contribution in [3.63, 3.8) is 0 Å². The minimum atomic E-state index is -0.888. The summed E-state index contributed by atoms with van der Waals surface area (Å²) in [5, 5.41) is 9.57. The van der Waals surface area contributed by atoms with E-state index in [-0.39, 0.29) is 0 Å². The predicted molar refractivity (Wildman–Crippen MR) is 119 cm³/mol. The van der Waals surface area contributed by atoms with Gasteiger partial charge in [0.15, 0.2) is 6.29 Å². The standard InChI is InChI=1S/C24H28O4S/c1-16(2)23(25)27-14-6-7-18-8-10-19(11-9-18)20-12-13-21(22(15-20)29-5)28-24(26)17(3)4/h8-13,15,23,25H,1,3,6-7,14H2,2,4-5H3. The molecule has 0 aromatic heterocycles. The van der Waals surface area contributed by atoms with Crippen molar-refractivity contribution < 1.29 is 19.4 Å². The highest BCUT2D eigenvalue weighted by molar-refractivity contribution is 7.98. The second-order valence-corrected chi connectivity index (χ2v) is 7.75. The van der Waals surface area contributed by atoms with E-state index in [0.717, 1.165) is 28.9 Å². The lowest BCUT2D eigenvalue weighted by Gasteiger charge is -2.12. The Bertz CT molecular complexity index is 871. The lowest BCUT2D eigenvalue weighted by molar-refractivity contribution is -0.130. The molecular formula is C24H28O4S. The maximum absolute atomic E-state index is 11.8. The van der Waals surface area contributed by atoms with Crippen LogP contribution in [0, 0.1) is 0 Å². The minimum absolute atomic E-state index is 0.372. The zero-order valence-electron chi connectivity index (χ0n) is 17.2. The Morgan fingerprint density at radius 3 is 2.34 bits per heavy atom. The molecule has 5 heteroatoms. The van der Waals surface area contributed by atoms with Crippen LogP contribution in [0.25, 0.3) is 11.1 Å². The summed E-state index contributed by atoms with van der Waals surface area (Å²) in [7, 11) is 0. The van der Waals surface area contributed by atoms with Gasteiger partial charge < -0.3 is 14.6 Å². The molecule has 0 saturated heterocycles. The van der Waals surface area contributed by atoms with Gasteiger partial charge in [0, 0.05) is 5.57 Å². The normalized spacial score (nSPS) is 11.7. The van der Waals surface area contributed by atoms with Crippen LogP contribution in [-0.4, -0.2) is 30.2 Å². The number of carbonyl (C=O) groups excluding carboxylic acids is 1. The monoisotopic (exact) mass is 412 g/mol. The molecule has 2 aromatic rings. The van der Waals surface area contributed by atoms with Crippen LogP contribution in [0.15, 0.2) is 71.7 Å². The Morgan fingerprint density at radius 2 is 1.76 bits per heavy atom. The van der Waals surface area contributed by atoms with E-state index in [1.165, 1.54) is 17.3 Å². The van der Waals surface area contributed by atoms with E-state index >= 15 is 0 Å². The Morgan fingerprint density at radius 1 is 1.10 bits per heavy atom. The highest BCUT2D eigenvalue weighted by Crippen LogP contribution is 2.33. The molecule has 1 unspecified atom stereocenters. The predicted octanol–water partition coefficient (Wildman–Crippen LogP) is 5.40. The number of aliphatic hydroxyl groups is 1. The van der Waals surface area contributed by atoms with Crippen molar-refractivity contribution in [3.8, 4) is 16.9 Å². The third-order valence-corrected chi connectivity index (χ3v) is 5.07. The summed E-state index contributed by atoms with van der Waals surface area (Å²) in [6.45, 7) is 11.1. The van der Waals surface area contributed by atoms with Crippen LogP contribution in [-0.2, 0) is 16.0 Å². The summed E-state index contributed by atoms with van der Waals surface area (Å²) >= 11 is 1.53. The summed E-state index contributed by atoms with van der Waals surface area (Å²) in [6, 6.07) is 14.1. The summed E-state index contributed by atoms with van der Waals surface area (Å²) in [6.07, 6.45) is 2.76. The van der Waals surface area contributed by atoms with E-state index in [9.17, 15) is 9.90 Å². The van der Waals surface area contributed by atoms with E-state index in [0.29, 0.717) is 23.5 Å². The lowest BCUT2D eigenvalue weighted by atomic mass is 10.0. The van der Waals surface area contributed by atoms with Crippen LogP contribution in [0.5, 0.6) is 5.75 Å². The topological polar surface area (TPSA) is 55.8 Å². The Hall–Kier alpha value is -2.34. The molecule has 0 saturated carbocycles. The maximum Gasteiger partial charge on any atom is 0.338 e. The van der Waals surface area contributed by atoms with Crippen molar-refractivity contribution in [1.82, 2.24) is 0 Å². The SMILES string of the molecule is C=C(C)C(=O)Oc1ccc(-c2ccc(CCCOC(O)C(=C)C)cc2)cc1SC. The first kappa shape index (κ1) is 22.9. The molecule has 0 amide bonds. The molecule has 0 aliphatic carbocycles. The van der Waals surface area contributed by atoms with Crippen LogP contribution in [0.3, 0.4) is 0 Å². The summed E-state index contributed by atoms with van der Waals surface area (Å²) in [5.41, 5.74) is 4.34. The average molecular weight is 413 g/mol. The van der Waals surface area contributed by atoms with E-state index in [2.05, 4.69) is 37.4 Å². The van der Waals surface area contributed by atoms with Gasteiger partial charge in [-0.2, -0.15) is 0 Å². The quantitative estimate of drug-likeness (QED) is 0.108. The van der Waals surface area contributed by atoms with E-state index in [1.807, 2.05) is 24.5 Å². The van der Waals surface area contributed by atoms with Gasteiger partial charge in [-0.3, -0.25) is 0 Å². The van der Waals surface area contributed by atoms with Crippen molar-refractivity contribution in [2.75, 3.05) is 12.9 Å². The van der Waals surface area contributed by atoms with Gasteiger partial charge in [-0.1, -0.05) is 43.5 Å². The van der Waals surface area contributed by atoms with Gasteiger partial charge in [0.25, 0.3) is 0 Å². The van der Waals surface area contributed by atoms with Crippen molar-refractivity contribution >= 4 is 17.7 Å². The molecule has 0 aliphatic heterocycles. The number of hydrogen-bond acceptors (Lipinski definition) is 5. The number of carbonyl (C=O) groups is 1. The molecule has 0 radical (unpaired) electrons. The molecular weight excluding hydrogens is 384 g/mol. The average Bonchev–Trinajstić information content (AvgIpc) is 2.71. The number of rotatable bonds is 10. The van der Waals surface area contributed by atoms with E-state index < -0.39 is 12.3 Å². The smallest absolute Gasteiger partial charge is 0.338 e. The zero-order valence-corrected chi connectivity index (χ0v) is 18.1. The van der Waals surface area contributed by atoms with Crippen LogP contribution < -0.4 is 4.74 Å². The third-order valence-electron chi connectivity index (χ3n) is 4.31. The second-order valence-electron chi connectivity index (χ2n) is 6.91. The number of hydrogen-bond donors (Lipinski definition) is 1. The number of esters is 1. The fraction of sp³-hybridized carbons (Fsp3) is 0.292. The first-order chi connectivity index (χ1) is 13.8. The minimum Gasteiger partial charge on any atom is -0.422 e. The first-order valence-corrected chi connectivity index (χ1v) is 10.6. The van der Waals surface area contributed by atoms with Gasteiger partial charge in [0.05, 0.1) is 11.5 Å². The van der Waals surface area contributed by atoms with Gasteiger partial charge in [-0.15, -0.1) is 11.8 Å². The third kappa shape index (κ3) is 6.89. The number of ether oxygens (including phenoxy) is 2. The molecule has 0 bridgehead atoms. The molecule has 154 valence electrons. The van der Waals surface area contributed by atoms with Gasteiger partial charge in [0.2, 0.25) is 0 Å². The summed E-state index contributed by atoms with van der Waals surface area (Å²) in [4.78, 5) is 12.7. The lowest BCUT2D eigenvalue weighted by Crippen LogP contribution is -2.13. The maximum atomic E-state index is 11.8. The number of thioether (sulfide) groups is 1. The zero-order chi connectivity index (χ0) is 21.4. The molecule has 2 rings (SSSR count). The van der Waals surface area contributed by atoms with Crippen molar-refractivity contribution in [3.05, 3.63) is 72.3 Å². The molecule has 0 fully saturated rings. The Labute approximate surface area is 177 Å². The number of aryl methyl sites for hydroxylation is 1. The molecule has 0 aliphatic rings. The molecule has 1 atom stereocenters. The molecule has 0 spiro atoms. The molecule has 29 heavy (non-hydrogen) atoms. The Kier molecular flexibility index (Phi) is 8.70. The number of aliphatic hydroxyl groups excluding tert-OH is 1. The number of benzene rings is 2. The van der Waals surface area contributed by atoms with Crippen molar-refractivity contribution in [2.24, 2.45) is 0 Å². The molecule has 2 aromatic carbocycles. The molecule has 1 N–H and O–H groups in total. The van der Waals surface area contributed by atoms with Gasteiger partial charge in [-0.25, -0.2) is 4.79 Å². The Balaban J connectivity index is 2.01. The van der Waals surface area contributed by atoms with Crippen LogP contribution in [0.1, 0.15) is 25.8 Å². The molecule has 4 nitrogen and oxygen atoms in total. The first-order valence-electron chi connectivity index (χ1n) is 9.42. The fourth-order valence-corrected chi connectivity index (χ4v) is 3.15. The van der Waals surface area contributed by atoms with Gasteiger partial charge in [-0.05, 0) is 67.3 Å². The van der Waals surface area contributed by atoms with Crippen LogP contribution in [0.4, 0.5) is 0 Å². The van der Waals surface area contributed by atoms with Gasteiger partial charge >= 0.3 is 5.97 Å². The van der Waals surface area contributed by atoms with Crippen molar-refractivity contribution in [1.29, 1.82) is 0 Å². The van der Waals surface area contributed by atoms with E-state index in [4.69, 9.17) is 9.47 Å². The summed E-state index contributed by atoms with van der Waals surface area (Å²) in [5.74, 6) is 0.125. The van der Waals surface area contributed by atoms with E-state index in [1.54, 1.807) is 13.8 Å². The van der Waals surface area contributed by atoms with Gasteiger partial charge in [0.1, 0.15) is 5.75 Å². The molecule has 0 heterocycles. The summed E-state index contributed by atoms with van der Waals surface area (Å²) < 4.78 is 10.7. The highest BCUT2D eigenvalue weighted by Gasteiger charge is 2.11. The van der Waals surface area contributed by atoms with Crippen molar-refractivity contribution in [2.45, 2.75) is 37.9 Å². The van der Waals surface area contributed by atoms with Crippen LogP contribution in [0.2, 0.25) is 0 Å². The van der Waals surface area contributed by atoms with Crippen LogP contribution >= 0.6 is 11.8 Å².